The van der Waals surface area contributed by atoms with Crippen LogP contribution in [-0.2, 0) is 0 Å². The third kappa shape index (κ3) is 4.65. The number of carbonyl (C=O) groups excluding carboxylic acids is 1. The van der Waals surface area contributed by atoms with Crippen LogP contribution in [0.2, 0.25) is 0 Å². The molecule has 1 aromatic rings. The third-order valence-electron chi connectivity index (χ3n) is 1.85. The second-order valence-electron chi connectivity index (χ2n) is 2.98. The van der Waals surface area contributed by atoms with E-state index < -0.39 is 0 Å². The summed E-state index contributed by atoms with van der Waals surface area (Å²) in [5.74, 6) is 0.0223. The number of hydrogen-bond acceptors (Lipinski definition) is 1. The van der Waals surface area contributed by atoms with Crippen LogP contribution in [0.1, 0.15) is 30.1 Å². The summed E-state index contributed by atoms with van der Waals surface area (Å²) in [6.45, 7) is 2.87. The van der Waals surface area contributed by atoms with Crippen molar-refractivity contribution in [1.82, 2.24) is 5.32 Å². The van der Waals surface area contributed by atoms with Gasteiger partial charge in [-0.05, 0) is 18.6 Å². The Morgan fingerprint density at radius 1 is 1.29 bits per heavy atom. The normalized spacial score (nSPS) is 8.93. The van der Waals surface area contributed by atoms with Crippen LogP contribution < -0.4 is 5.32 Å². The number of benzene rings is 1. The minimum Gasteiger partial charge on any atom is -0.352 e. The smallest absolute Gasteiger partial charge is 0.251 e. The summed E-state index contributed by atoms with van der Waals surface area (Å²) >= 11 is 0. The molecule has 0 aliphatic heterocycles. The Morgan fingerprint density at radius 2 is 1.93 bits per heavy atom. The summed E-state index contributed by atoms with van der Waals surface area (Å²) in [6.07, 6.45) is 2.15. The molecular formula is C11H15NOSn. The van der Waals surface area contributed by atoms with E-state index in [0.717, 1.165) is 24.9 Å². The molecule has 0 atom stereocenters. The molecule has 0 unspecified atom stereocenters. The fourth-order valence-corrected chi connectivity index (χ4v) is 1.07. The van der Waals surface area contributed by atoms with Crippen molar-refractivity contribution in [3.8, 4) is 0 Å². The van der Waals surface area contributed by atoms with Crippen LogP contribution in [0, 0.1) is 0 Å². The van der Waals surface area contributed by atoms with Gasteiger partial charge in [0.05, 0.1) is 0 Å². The Morgan fingerprint density at radius 3 is 2.50 bits per heavy atom. The fourth-order valence-electron chi connectivity index (χ4n) is 1.07. The maximum absolute atomic E-state index is 11.4. The van der Waals surface area contributed by atoms with E-state index in [4.69, 9.17) is 0 Å². The summed E-state index contributed by atoms with van der Waals surface area (Å²) in [4.78, 5) is 11.4. The third-order valence-corrected chi connectivity index (χ3v) is 1.85. The van der Waals surface area contributed by atoms with E-state index in [2.05, 4.69) is 12.2 Å². The molecule has 0 aliphatic rings. The zero-order chi connectivity index (χ0) is 9.52. The van der Waals surface area contributed by atoms with Crippen molar-refractivity contribution in [1.29, 1.82) is 0 Å². The number of unbranched alkanes of at least 4 members (excludes halogenated alkanes) is 1. The summed E-state index contributed by atoms with van der Waals surface area (Å²) in [5, 5.41) is 2.86. The van der Waals surface area contributed by atoms with E-state index >= 15 is 0 Å². The van der Waals surface area contributed by atoms with Gasteiger partial charge in [-0.15, -0.1) is 0 Å². The van der Waals surface area contributed by atoms with E-state index in [1.165, 1.54) is 0 Å². The number of amides is 1. The van der Waals surface area contributed by atoms with Gasteiger partial charge in [-0.1, -0.05) is 31.5 Å². The SMILES string of the molecule is CCCCNC(=O)c1ccccc1.[Sn]. The zero-order valence-corrected chi connectivity index (χ0v) is 11.3. The topological polar surface area (TPSA) is 29.1 Å². The van der Waals surface area contributed by atoms with Gasteiger partial charge in [0.1, 0.15) is 0 Å². The van der Waals surface area contributed by atoms with Crippen LogP contribution in [0.3, 0.4) is 0 Å². The van der Waals surface area contributed by atoms with Crippen molar-refractivity contribution in [2.24, 2.45) is 0 Å². The van der Waals surface area contributed by atoms with Gasteiger partial charge in [0.25, 0.3) is 5.91 Å². The van der Waals surface area contributed by atoms with E-state index in [0.29, 0.717) is 0 Å². The summed E-state index contributed by atoms with van der Waals surface area (Å²) in [5.41, 5.74) is 0.735. The first-order valence-electron chi connectivity index (χ1n) is 4.68. The molecule has 4 radical (unpaired) electrons. The predicted octanol–water partition coefficient (Wildman–Crippen LogP) is 1.84. The molecule has 0 saturated heterocycles. The molecule has 0 spiro atoms. The molecule has 3 heteroatoms. The van der Waals surface area contributed by atoms with Crippen molar-refractivity contribution in [2.45, 2.75) is 19.8 Å². The number of rotatable bonds is 4. The second kappa shape index (κ2) is 7.85. The van der Waals surface area contributed by atoms with Gasteiger partial charge in [-0.25, -0.2) is 0 Å². The zero-order valence-electron chi connectivity index (χ0n) is 8.42. The van der Waals surface area contributed by atoms with E-state index in [9.17, 15) is 4.79 Å². The van der Waals surface area contributed by atoms with E-state index in [1.807, 2.05) is 30.3 Å². The van der Waals surface area contributed by atoms with Gasteiger partial charge < -0.3 is 5.32 Å². The molecule has 0 aliphatic carbocycles. The Hall–Kier alpha value is -0.511. The largest absolute Gasteiger partial charge is 0.352 e. The first-order chi connectivity index (χ1) is 6.34. The van der Waals surface area contributed by atoms with Crippen LogP contribution in [0.5, 0.6) is 0 Å². The Kier molecular flexibility index (Phi) is 7.57. The first kappa shape index (κ1) is 13.5. The molecule has 0 aromatic heterocycles. The Balaban J connectivity index is 0.00000169. The Bertz CT molecular complexity index is 261. The molecule has 1 rings (SSSR count). The van der Waals surface area contributed by atoms with Gasteiger partial charge in [-0.3, -0.25) is 4.79 Å². The second-order valence-corrected chi connectivity index (χ2v) is 2.98. The summed E-state index contributed by atoms with van der Waals surface area (Å²) in [6, 6.07) is 9.29. The number of hydrogen-bond donors (Lipinski definition) is 1. The summed E-state index contributed by atoms with van der Waals surface area (Å²) in [7, 11) is 0. The van der Waals surface area contributed by atoms with Crippen LogP contribution in [0.25, 0.3) is 0 Å². The van der Waals surface area contributed by atoms with Gasteiger partial charge in [0, 0.05) is 36.0 Å². The van der Waals surface area contributed by atoms with Gasteiger partial charge in [-0.2, -0.15) is 0 Å². The maximum atomic E-state index is 11.4. The minimum absolute atomic E-state index is 0. The number of carbonyl (C=O) groups is 1. The van der Waals surface area contributed by atoms with Crippen molar-refractivity contribution >= 4 is 29.8 Å². The van der Waals surface area contributed by atoms with Gasteiger partial charge >= 0.3 is 0 Å². The maximum Gasteiger partial charge on any atom is 0.251 e. The molecule has 1 amide bonds. The Labute approximate surface area is 102 Å². The minimum atomic E-state index is 0. The molecule has 2 nitrogen and oxygen atoms in total. The quantitative estimate of drug-likeness (QED) is 0.666. The van der Waals surface area contributed by atoms with Crippen molar-refractivity contribution in [2.75, 3.05) is 6.54 Å². The molecule has 0 fully saturated rings. The van der Waals surface area contributed by atoms with Gasteiger partial charge in [0.2, 0.25) is 0 Å². The molecular weight excluding hydrogens is 281 g/mol. The van der Waals surface area contributed by atoms with Crippen LogP contribution in [-0.4, -0.2) is 36.4 Å². The van der Waals surface area contributed by atoms with Crippen LogP contribution in [0.4, 0.5) is 0 Å². The van der Waals surface area contributed by atoms with Crippen LogP contribution in [0.15, 0.2) is 30.3 Å². The van der Waals surface area contributed by atoms with Gasteiger partial charge in [0.15, 0.2) is 0 Å². The molecule has 0 bridgehead atoms. The van der Waals surface area contributed by atoms with Crippen molar-refractivity contribution in [3.05, 3.63) is 35.9 Å². The monoisotopic (exact) mass is 297 g/mol. The summed E-state index contributed by atoms with van der Waals surface area (Å²) < 4.78 is 0. The van der Waals surface area contributed by atoms with Crippen molar-refractivity contribution in [3.63, 3.8) is 0 Å². The molecule has 0 saturated carbocycles. The molecule has 1 aromatic carbocycles. The average molecular weight is 296 g/mol. The van der Waals surface area contributed by atoms with Crippen LogP contribution >= 0.6 is 0 Å². The van der Waals surface area contributed by atoms with E-state index in [-0.39, 0.29) is 29.8 Å². The predicted molar refractivity (Wildman–Crippen MR) is 59.4 cm³/mol. The van der Waals surface area contributed by atoms with Crippen molar-refractivity contribution < 1.29 is 4.79 Å². The fraction of sp³-hybridized carbons (Fsp3) is 0.364. The molecule has 1 N–H and O–H groups in total. The van der Waals surface area contributed by atoms with E-state index in [1.54, 1.807) is 0 Å². The number of nitrogens with one attached hydrogen (secondary N) is 1. The molecule has 74 valence electrons. The average Bonchev–Trinajstić information content (AvgIpc) is 2.19. The molecule has 0 heterocycles. The first-order valence-corrected chi connectivity index (χ1v) is 4.68. The molecule has 14 heavy (non-hydrogen) atoms. The standard InChI is InChI=1S/C11H15NO.Sn/c1-2-3-9-12-11(13)10-7-5-4-6-8-10;/h4-8H,2-3,9H2,1H3,(H,12,13);.